The lowest BCUT2D eigenvalue weighted by atomic mass is 10.1. The van der Waals surface area contributed by atoms with Gasteiger partial charge < -0.3 is 0 Å². The molecule has 0 aliphatic heterocycles. The van der Waals surface area contributed by atoms with Crippen molar-refractivity contribution < 1.29 is 0 Å². The van der Waals surface area contributed by atoms with Crippen molar-refractivity contribution in [1.29, 1.82) is 0 Å². The van der Waals surface area contributed by atoms with Crippen LogP contribution in [0.5, 0.6) is 0 Å². The Morgan fingerprint density at radius 3 is 2.52 bits per heavy atom. The molecule has 0 aliphatic rings. The van der Waals surface area contributed by atoms with Gasteiger partial charge in [-0.2, -0.15) is 14.6 Å². The fraction of sp³-hybridized carbons (Fsp3) is 0.0476. The summed E-state index contributed by atoms with van der Waals surface area (Å²) in [5, 5.41) is 4.82. The second-order valence-corrected chi connectivity index (χ2v) is 6.34. The van der Waals surface area contributed by atoms with E-state index < -0.39 is 0 Å². The van der Waals surface area contributed by atoms with E-state index in [0.717, 1.165) is 16.8 Å². The average Bonchev–Trinajstić information content (AvgIpc) is 3.16. The van der Waals surface area contributed by atoms with Crippen LogP contribution in [0.2, 0.25) is 0 Å². The molecule has 0 spiro atoms. The lowest BCUT2D eigenvalue weighted by molar-refractivity contribution is 0.946. The molecule has 0 amide bonds. The maximum atomic E-state index is 13.5. The van der Waals surface area contributed by atoms with E-state index in [-0.39, 0.29) is 5.56 Å². The minimum atomic E-state index is -0.134. The van der Waals surface area contributed by atoms with Crippen molar-refractivity contribution in [2.45, 2.75) is 6.92 Å². The molecule has 6 heteroatoms. The summed E-state index contributed by atoms with van der Waals surface area (Å²) in [7, 11) is 0. The zero-order chi connectivity index (χ0) is 18.4. The minimum absolute atomic E-state index is 0.134. The molecule has 0 radical (unpaired) electrons. The number of hydrogen-bond donors (Lipinski definition) is 0. The molecule has 0 unspecified atom stereocenters. The molecule has 0 fully saturated rings. The van der Waals surface area contributed by atoms with Gasteiger partial charge in [0.25, 0.3) is 11.3 Å². The highest BCUT2D eigenvalue weighted by molar-refractivity contribution is 5.93. The summed E-state index contributed by atoms with van der Waals surface area (Å²) in [6, 6.07) is 19.4. The zero-order valence-corrected chi connectivity index (χ0v) is 14.6. The molecule has 5 rings (SSSR count). The number of aryl methyl sites for hydroxylation is 1. The number of fused-ring (bicyclic) bond motifs is 2. The van der Waals surface area contributed by atoms with Crippen LogP contribution in [-0.4, -0.2) is 24.1 Å². The number of hydrogen-bond acceptors (Lipinski definition) is 4. The van der Waals surface area contributed by atoms with Crippen LogP contribution in [0.15, 0.2) is 78.0 Å². The predicted octanol–water partition coefficient (Wildman–Crippen LogP) is 3.40. The van der Waals surface area contributed by atoms with Gasteiger partial charge in [0, 0.05) is 11.8 Å². The van der Waals surface area contributed by atoms with E-state index in [1.807, 2.05) is 67.6 Å². The van der Waals surface area contributed by atoms with Gasteiger partial charge in [0.15, 0.2) is 0 Å². The summed E-state index contributed by atoms with van der Waals surface area (Å²) in [6.07, 6.45) is 3.22. The summed E-state index contributed by atoms with van der Waals surface area (Å²) in [5.74, 6) is 0.467. The first-order valence-corrected chi connectivity index (χ1v) is 8.60. The first-order chi connectivity index (χ1) is 13.2. The smallest absolute Gasteiger partial charge is 0.266 e. The molecule has 2 aromatic carbocycles. The van der Waals surface area contributed by atoms with E-state index in [0.29, 0.717) is 22.4 Å². The summed E-state index contributed by atoms with van der Waals surface area (Å²) >= 11 is 0. The highest BCUT2D eigenvalue weighted by Gasteiger charge is 2.17. The van der Waals surface area contributed by atoms with E-state index in [4.69, 9.17) is 0 Å². The summed E-state index contributed by atoms with van der Waals surface area (Å²) in [4.78, 5) is 22.2. The van der Waals surface area contributed by atoms with Crippen LogP contribution in [-0.2, 0) is 0 Å². The van der Waals surface area contributed by atoms with Gasteiger partial charge >= 0.3 is 0 Å². The number of benzene rings is 2. The van der Waals surface area contributed by atoms with Crippen molar-refractivity contribution >= 4 is 16.7 Å². The summed E-state index contributed by atoms with van der Waals surface area (Å²) < 4.78 is 3.29. The van der Waals surface area contributed by atoms with Gasteiger partial charge in [0.05, 0.1) is 22.3 Å². The lowest BCUT2D eigenvalue weighted by Gasteiger charge is -2.13. The Balaban J connectivity index is 1.95. The fourth-order valence-corrected chi connectivity index (χ4v) is 3.41. The van der Waals surface area contributed by atoms with E-state index in [1.165, 1.54) is 6.33 Å². The van der Waals surface area contributed by atoms with Crippen molar-refractivity contribution in [3.63, 3.8) is 0 Å². The molecule has 0 aliphatic carbocycles. The molecule has 6 nitrogen and oxygen atoms in total. The number of para-hydroxylation sites is 1. The Bertz CT molecular complexity index is 1350. The van der Waals surface area contributed by atoms with Crippen LogP contribution in [0.3, 0.4) is 0 Å². The third kappa shape index (κ3) is 2.34. The lowest BCUT2D eigenvalue weighted by Crippen LogP contribution is -2.20. The normalized spacial score (nSPS) is 11.3. The van der Waals surface area contributed by atoms with Crippen LogP contribution in [0, 0.1) is 6.92 Å². The Labute approximate surface area is 154 Å². The minimum Gasteiger partial charge on any atom is -0.283 e. The van der Waals surface area contributed by atoms with Crippen molar-refractivity contribution in [1.82, 2.24) is 24.1 Å². The molecule has 0 atom stereocenters. The first kappa shape index (κ1) is 15.5. The molecule has 0 bridgehead atoms. The molecule has 27 heavy (non-hydrogen) atoms. The first-order valence-electron chi connectivity index (χ1n) is 8.60. The number of rotatable bonds is 2. The van der Waals surface area contributed by atoms with E-state index >= 15 is 0 Å². The summed E-state index contributed by atoms with van der Waals surface area (Å²) in [5.41, 5.74) is 3.92. The number of pyridine rings is 1. The van der Waals surface area contributed by atoms with Crippen molar-refractivity contribution in [3.8, 4) is 16.9 Å². The van der Waals surface area contributed by atoms with Gasteiger partial charge in [0.2, 0.25) is 0 Å². The van der Waals surface area contributed by atoms with Gasteiger partial charge in [-0.05, 0) is 24.6 Å². The van der Waals surface area contributed by atoms with Crippen molar-refractivity contribution in [2.24, 2.45) is 0 Å². The molecular weight excluding hydrogens is 338 g/mol. The highest BCUT2D eigenvalue weighted by atomic mass is 16.1. The molecule has 0 saturated carbocycles. The van der Waals surface area contributed by atoms with Gasteiger partial charge in [-0.15, -0.1) is 0 Å². The van der Waals surface area contributed by atoms with Gasteiger partial charge in [-0.3, -0.25) is 9.36 Å². The Morgan fingerprint density at radius 1 is 0.926 bits per heavy atom. The fourth-order valence-electron chi connectivity index (χ4n) is 3.41. The van der Waals surface area contributed by atoms with Crippen LogP contribution in [0.4, 0.5) is 0 Å². The highest BCUT2D eigenvalue weighted by Crippen LogP contribution is 2.26. The molecule has 3 heterocycles. The monoisotopic (exact) mass is 353 g/mol. The van der Waals surface area contributed by atoms with Crippen LogP contribution >= 0.6 is 0 Å². The second kappa shape index (κ2) is 5.88. The third-order valence-electron chi connectivity index (χ3n) is 4.69. The quantitative estimate of drug-likeness (QED) is 0.488. The van der Waals surface area contributed by atoms with Gasteiger partial charge in [-0.25, -0.2) is 4.98 Å². The number of aromatic nitrogens is 5. The van der Waals surface area contributed by atoms with E-state index in [2.05, 4.69) is 15.1 Å². The maximum Gasteiger partial charge on any atom is 0.266 e. The predicted molar refractivity (Wildman–Crippen MR) is 104 cm³/mol. The molecule has 5 aromatic rings. The molecule has 130 valence electrons. The largest absolute Gasteiger partial charge is 0.283 e. The van der Waals surface area contributed by atoms with Crippen LogP contribution in [0.1, 0.15) is 5.56 Å². The summed E-state index contributed by atoms with van der Waals surface area (Å²) in [6.45, 7) is 1.99. The van der Waals surface area contributed by atoms with Crippen LogP contribution < -0.4 is 5.56 Å². The SMILES string of the molecule is Cc1ccccc1-n1ccc2nc3ncnn3c(-c3ccccc3)c2c1=O. The molecular formula is C21H15N5O. The average molecular weight is 353 g/mol. The van der Waals surface area contributed by atoms with Gasteiger partial charge in [0.1, 0.15) is 6.33 Å². The van der Waals surface area contributed by atoms with Crippen molar-refractivity contribution in [3.05, 3.63) is 89.1 Å². The van der Waals surface area contributed by atoms with Crippen LogP contribution in [0.25, 0.3) is 33.6 Å². The maximum absolute atomic E-state index is 13.5. The topological polar surface area (TPSA) is 65.1 Å². The molecule has 3 aromatic heterocycles. The molecule has 0 saturated heterocycles. The zero-order valence-electron chi connectivity index (χ0n) is 14.6. The third-order valence-corrected chi connectivity index (χ3v) is 4.69. The standard InChI is InChI=1S/C21H15N5O/c1-14-7-5-6-10-17(14)25-12-11-16-18(20(25)27)19(15-8-3-2-4-9-15)26-21(24-16)22-13-23-26/h2-13H,1H3. The van der Waals surface area contributed by atoms with E-state index in [1.54, 1.807) is 15.3 Å². The molecule has 0 N–H and O–H groups in total. The Kier molecular flexibility index (Phi) is 3.36. The van der Waals surface area contributed by atoms with Gasteiger partial charge in [-0.1, -0.05) is 48.5 Å². The second-order valence-electron chi connectivity index (χ2n) is 6.34. The van der Waals surface area contributed by atoms with E-state index in [9.17, 15) is 4.79 Å². The van der Waals surface area contributed by atoms with Crippen molar-refractivity contribution in [2.75, 3.05) is 0 Å². The number of nitrogens with zero attached hydrogens (tertiary/aromatic N) is 5. The Hall–Kier alpha value is -3.80. The Morgan fingerprint density at radius 2 is 1.70 bits per heavy atom.